The van der Waals surface area contributed by atoms with Gasteiger partial charge in [0.1, 0.15) is 0 Å². The third-order valence-electron chi connectivity index (χ3n) is 4.74. The molecular formula is C20H22F4O7. The molecule has 1 N–H and O–H groups in total. The molecule has 1 rings (SSSR count). The second-order valence-corrected chi connectivity index (χ2v) is 6.98. The van der Waals surface area contributed by atoms with Gasteiger partial charge in [0, 0.05) is 11.1 Å². The molecule has 0 amide bonds. The highest BCUT2D eigenvalue weighted by Gasteiger charge is 2.62. The number of carbonyl (C=O) groups excluding carboxylic acids is 3. The van der Waals surface area contributed by atoms with E-state index >= 15 is 0 Å². The lowest BCUT2D eigenvalue weighted by Gasteiger charge is -2.36. The summed E-state index contributed by atoms with van der Waals surface area (Å²) in [4.78, 5) is 35.0. The molecule has 0 aliphatic carbocycles. The van der Waals surface area contributed by atoms with Crippen LogP contribution in [0.25, 0.3) is 0 Å². The lowest BCUT2D eigenvalue weighted by Crippen LogP contribution is -2.52. The normalized spacial score (nSPS) is 15.8. The molecule has 2 unspecified atom stereocenters. The molecule has 7 nitrogen and oxygen atoms in total. The van der Waals surface area contributed by atoms with Crippen molar-refractivity contribution >= 4 is 17.9 Å². The van der Waals surface area contributed by atoms with Crippen molar-refractivity contribution in [3.8, 4) is 0 Å². The molecule has 2 atom stereocenters. The van der Waals surface area contributed by atoms with Gasteiger partial charge in [-0.3, -0.25) is 0 Å². The highest BCUT2D eigenvalue weighted by molar-refractivity contribution is 5.88. The Morgan fingerprint density at radius 2 is 1.26 bits per heavy atom. The van der Waals surface area contributed by atoms with Gasteiger partial charge in [-0.25, -0.2) is 14.4 Å². The van der Waals surface area contributed by atoms with E-state index in [2.05, 4.69) is 16.1 Å². The first-order valence-electron chi connectivity index (χ1n) is 8.65. The van der Waals surface area contributed by atoms with E-state index in [1.54, 1.807) is 0 Å². The summed E-state index contributed by atoms with van der Waals surface area (Å²) in [7, 11) is 1.40. The van der Waals surface area contributed by atoms with Crippen molar-refractivity contribution < 1.29 is 51.3 Å². The Balaban J connectivity index is 3.57. The number of rotatable bonds is 8. The fourth-order valence-electron chi connectivity index (χ4n) is 2.52. The molecule has 172 valence electrons. The van der Waals surface area contributed by atoms with Crippen LogP contribution in [0.1, 0.15) is 31.9 Å². The van der Waals surface area contributed by atoms with Gasteiger partial charge in [0.25, 0.3) is 0 Å². The number of hydrogen-bond donors (Lipinski definition) is 1. The summed E-state index contributed by atoms with van der Waals surface area (Å²) in [6, 6.07) is 3.29. The number of ether oxygens (including phenoxy) is 3. The zero-order chi connectivity index (χ0) is 24.4. The summed E-state index contributed by atoms with van der Waals surface area (Å²) in [6.07, 6.45) is 0. The minimum atomic E-state index is -4.40. The van der Waals surface area contributed by atoms with Crippen molar-refractivity contribution in [1.29, 1.82) is 0 Å². The topological polar surface area (TPSA) is 99.1 Å². The van der Waals surface area contributed by atoms with Crippen LogP contribution in [0, 0.1) is 0 Å². The summed E-state index contributed by atoms with van der Waals surface area (Å²) < 4.78 is 71.1. The Labute approximate surface area is 175 Å². The van der Waals surface area contributed by atoms with Crippen LogP contribution < -0.4 is 0 Å². The fourth-order valence-corrected chi connectivity index (χ4v) is 2.52. The van der Waals surface area contributed by atoms with Gasteiger partial charge in [-0.1, -0.05) is 30.8 Å². The zero-order valence-electron chi connectivity index (χ0n) is 17.4. The average molecular weight is 450 g/mol. The van der Waals surface area contributed by atoms with Crippen LogP contribution in [0.2, 0.25) is 0 Å². The van der Waals surface area contributed by atoms with Gasteiger partial charge in [-0.05, 0) is 26.3 Å². The monoisotopic (exact) mass is 450 g/mol. The third kappa shape index (κ3) is 4.41. The van der Waals surface area contributed by atoms with E-state index < -0.39 is 52.1 Å². The van der Waals surface area contributed by atoms with E-state index in [1.807, 2.05) is 0 Å². The zero-order valence-corrected chi connectivity index (χ0v) is 17.4. The third-order valence-corrected chi connectivity index (χ3v) is 4.74. The lowest BCUT2D eigenvalue weighted by atomic mass is 9.84. The van der Waals surface area contributed by atoms with E-state index in [0.717, 1.165) is 31.2 Å². The standard InChI is InChI=1S/C20H22F4O7/c1-11(2)14(25)31-18(4,20(23,24)16(27)30-6)13-9-7-12(8-10-13)17(3,28)19(21,22)15(26)29-5/h7-10,28H,1H2,2-6H3. The van der Waals surface area contributed by atoms with Crippen LogP contribution in [0.4, 0.5) is 17.6 Å². The molecule has 1 aromatic carbocycles. The van der Waals surface area contributed by atoms with Gasteiger partial charge in [-0.2, -0.15) is 17.6 Å². The maximum absolute atomic E-state index is 14.8. The Hall–Kier alpha value is -2.95. The van der Waals surface area contributed by atoms with E-state index in [1.165, 1.54) is 6.92 Å². The maximum Gasteiger partial charge on any atom is 0.385 e. The van der Waals surface area contributed by atoms with Crippen LogP contribution in [-0.2, 0) is 39.8 Å². The highest BCUT2D eigenvalue weighted by atomic mass is 19.3. The number of hydrogen-bond acceptors (Lipinski definition) is 7. The fraction of sp³-hybridized carbons (Fsp3) is 0.450. The number of halogens is 4. The Bertz CT molecular complexity index is 878. The summed E-state index contributed by atoms with van der Waals surface area (Å²) >= 11 is 0. The summed E-state index contributed by atoms with van der Waals surface area (Å²) in [5.74, 6) is -14.1. The van der Waals surface area contributed by atoms with E-state index in [0.29, 0.717) is 21.1 Å². The van der Waals surface area contributed by atoms with Gasteiger partial charge >= 0.3 is 29.8 Å². The van der Waals surface area contributed by atoms with Crippen LogP contribution in [0.15, 0.2) is 36.4 Å². The predicted molar refractivity (Wildman–Crippen MR) is 98.2 cm³/mol. The maximum atomic E-state index is 14.8. The summed E-state index contributed by atoms with van der Waals surface area (Å²) in [5, 5.41) is 10.2. The van der Waals surface area contributed by atoms with Gasteiger partial charge in [0.2, 0.25) is 5.60 Å². The molecule has 0 bridgehead atoms. The minimum Gasteiger partial charge on any atom is -0.464 e. The molecule has 0 fully saturated rings. The minimum absolute atomic E-state index is 0.246. The SMILES string of the molecule is C=C(C)C(=O)OC(C)(c1ccc(C(C)(O)C(F)(F)C(=O)OC)cc1)C(F)(F)C(=O)OC. The quantitative estimate of drug-likeness (QED) is 0.281. The van der Waals surface area contributed by atoms with Crippen molar-refractivity contribution in [3.05, 3.63) is 47.5 Å². The van der Waals surface area contributed by atoms with E-state index in [-0.39, 0.29) is 5.57 Å². The number of benzene rings is 1. The number of methoxy groups -OCH3 is 2. The Morgan fingerprint density at radius 1 is 0.871 bits per heavy atom. The molecule has 0 heterocycles. The number of esters is 3. The molecule has 31 heavy (non-hydrogen) atoms. The van der Waals surface area contributed by atoms with Crippen LogP contribution >= 0.6 is 0 Å². The van der Waals surface area contributed by atoms with Crippen molar-refractivity contribution in [2.75, 3.05) is 14.2 Å². The van der Waals surface area contributed by atoms with E-state index in [9.17, 15) is 37.1 Å². The first-order valence-corrected chi connectivity index (χ1v) is 8.65. The second-order valence-electron chi connectivity index (χ2n) is 6.98. The molecular weight excluding hydrogens is 428 g/mol. The molecule has 0 saturated carbocycles. The van der Waals surface area contributed by atoms with Gasteiger partial charge in [0.05, 0.1) is 14.2 Å². The molecule has 0 saturated heterocycles. The Kier molecular flexibility index (Phi) is 7.28. The van der Waals surface area contributed by atoms with Crippen LogP contribution in [0.5, 0.6) is 0 Å². The number of carbonyl (C=O) groups is 3. The molecule has 11 heteroatoms. The summed E-state index contributed by atoms with van der Waals surface area (Å²) in [5.41, 5.74) is -7.27. The molecule has 0 aliphatic heterocycles. The molecule has 1 aromatic rings. The molecule has 0 radical (unpaired) electrons. The van der Waals surface area contributed by atoms with E-state index in [4.69, 9.17) is 4.74 Å². The molecule has 0 aromatic heterocycles. The van der Waals surface area contributed by atoms with Gasteiger partial charge in [0.15, 0.2) is 5.60 Å². The average Bonchev–Trinajstić information content (AvgIpc) is 2.71. The van der Waals surface area contributed by atoms with Crippen molar-refractivity contribution in [1.82, 2.24) is 0 Å². The molecule has 0 spiro atoms. The van der Waals surface area contributed by atoms with Crippen molar-refractivity contribution in [2.45, 2.75) is 43.8 Å². The number of alkyl halides is 4. The number of aliphatic hydroxyl groups is 1. The lowest BCUT2D eigenvalue weighted by molar-refractivity contribution is -0.222. The van der Waals surface area contributed by atoms with Crippen molar-refractivity contribution in [2.24, 2.45) is 0 Å². The van der Waals surface area contributed by atoms with Crippen LogP contribution in [-0.4, -0.2) is 49.1 Å². The predicted octanol–water partition coefficient (Wildman–Crippen LogP) is 2.85. The summed E-state index contributed by atoms with van der Waals surface area (Å²) in [6.45, 7) is 5.82. The first-order chi connectivity index (χ1) is 14.0. The van der Waals surface area contributed by atoms with Crippen molar-refractivity contribution in [3.63, 3.8) is 0 Å². The molecule has 0 aliphatic rings. The van der Waals surface area contributed by atoms with Gasteiger partial charge < -0.3 is 19.3 Å². The Morgan fingerprint density at radius 3 is 1.65 bits per heavy atom. The smallest absolute Gasteiger partial charge is 0.385 e. The first kappa shape index (κ1) is 26.1. The largest absolute Gasteiger partial charge is 0.464 e. The van der Waals surface area contributed by atoms with Gasteiger partial charge in [-0.15, -0.1) is 0 Å². The second kappa shape index (κ2) is 8.66. The van der Waals surface area contributed by atoms with Crippen LogP contribution in [0.3, 0.4) is 0 Å². The highest BCUT2D eigenvalue weighted by Crippen LogP contribution is 2.44.